The van der Waals surface area contributed by atoms with Crippen molar-refractivity contribution >= 4 is 17.3 Å². The minimum Gasteiger partial charge on any atom is -0.379 e. The number of carbonyl (C=O) groups excluding carboxylic acids is 1. The second-order valence-electron chi connectivity index (χ2n) is 4.90. The highest BCUT2D eigenvalue weighted by Crippen LogP contribution is 2.25. The minimum absolute atomic E-state index is 0.0115. The largest absolute Gasteiger partial charge is 0.379 e. The fraction of sp³-hybridized carbons (Fsp3) is 0.533. The van der Waals surface area contributed by atoms with Crippen LogP contribution in [0.5, 0.6) is 0 Å². The van der Waals surface area contributed by atoms with Gasteiger partial charge in [-0.25, -0.2) is 0 Å². The summed E-state index contributed by atoms with van der Waals surface area (Å²) in [5.41, 5.74) is 0.813. The molecule has 0 spiro atoms. The van der Waals surface area contributed by atoms with E-state index in [4.69, 9.17) is 0 Å². The zero-order valence-corrected chi connectivity index (χ0v) is 12.8. The van der Waals surface area contributed by atoms with Crippen LogP contribution < -0.4 is 10.6 Å². The lowest BCUT2D eigenvalue weighted by atomic mass is 10.1. The summed E-state index contributed by atoms with van der Waals surface area (Å²) in [5, 5.41) is 16.9. The van der Waals surface area contributed by atoms with Gasteiger partial charge in [0, 0.05) is 24.2 Å². The van der Waals surface area contributed by atoms with E-state index in [1.165, 1.54) is 12.1 Å². The zero-order valence-electron chi connectivity index (χ0n) is 12.8. The third-order valence-electron chi connectivity index (χ3n) is 3.34. The van der Waals surface area contributed by atoms with Gasteiger partial charge in [-0.05, 0) is 31.4 Å². The summed E-state index contributed by atoms with van der Waals surface area (Å²) in [5.74, 6) is -0.196. The van der Waals surface area contributed by atoms with Crippen molar-refractivity contribution in [2.45, 2.75) is 46.1 Å². The summed E-state index contributed by atoms with van der Waals surface area (Å²) in [6.07, 6.45) is 2.56. The Kier molecular flexibility index (Phi) is 6.65. The molecule has 0 saturated carbocycles. The average Bonchev–Trinajstić information content (AvgIpc) is 2.49. The SMILES string of the molecule is CCCNc1cc(C(=O)NC(CC)CC)ccc1[N+](=O)[O-]. The fourth-order valence-electron chi connectivity index (χ4n) is 2.00. The predicted octanol–water partition coefficient (Wildman–Crippen LogP) is 3.34. The molecule has 0 aliphatic heterocycles. The smallest absolute Gasteiger partial charge is 0.292 e. The molecule has 116 valence electrons. The van der Waals surface area contributed by atoms with Crippen LogP contribution in [0.15, 0.2) is 18.2 Å². The fourth-order valence-corrected chi connectivity index (χ4v) is 2.00. The van der Waals surface area contributed by atoms with Crippen LogP contribution >= 0.6 is 0 Å². The molecule has 0 fully saturated rings. The average molecular weight is 293 g/mol. The molecule has 0 aliphatic rings. The van der Waals surface area contributed by atoms with Gasteiger partial charge in [0.1, 0.15) is 5.69 Å². The highest BCUT2D eigenvalue weighted by molar-refractivity contribution is 5.96. The second-order valence-corrected chi connectivity index (χ2v) is 4.90. The Morgan fingerprint density at radius 3 is 2.48 bits per heavy atom. The van der Waals surface area contributed by atoms with E-state index >= 15 is 0 Å². The Bertz CT molecular complexity index is 499. The summed E-state index contributed by atoms with van der Waals surface area (Å²) in [6.45, 7) is 6.62. The Balaban J connectivity index is 2.98. The molecule has 0 bridgehead atoms. The Hall–Kier alpha value is -2.11. The maximum Gasteiger partial charge on any atom is 0.292 e. The van der Waals surface area contributed by atoms with Gasteiger partial charge in [-0.15, -0.1) is 0 Å². The first-order valence-corrected chi connectivity index (χ1v) is 7.36. The molecule has 21 heavy (non-hydrogen) atoms. The number of nitrogens with zero attached hydrogens (tertiary/aromatic N) is 1. The molecule has 1 aromatic rings. The lowest BCUT2D eigenvalue weighted by molar-refractivity contribution is -0.384. The zero-order chi connectivity index (χ0) is 15.8. The van der Waals surface area contributed by atoms with Crippen LogP contribution in [0.3, 0.4) is 0 Å². The number of carbonyl (C=O) groups is 1. The summed E-state index contributed by atoms with van der Waals surface area (Å²) in [4.78, 5) is 22.7. The number of nitro groups is 1. The lowest BCUT2D eigenvalue weighted by Gasteiger charge is -2.15. The molecular formula is C15H23N3O3. The number of nitrogens with one attached hydrogen (secondary N) is 2. The van der Waals surface area contributed by atoms with Crippen LogP contribution in [-0.2, 0) is 0 Å². The summed E-state index contributed by atoms with van der Waals surface area (Å²) in [6, 6.07) is 4.54. The number of amides is 1. The van der Waals surface area contributed by atoms with E-state index in [2.05, 4.69) is 10.6 Å². The summed E-state index contributed by atoms with van der Waals surface area (Å²) >= 11 is 0. The maximum atomic E-state index is 12.2. The highest BCUT2D eigenvalue weighted by Gasteiger charge is 2.17. The molecule has 0 heterocycles. The first-order chi connectivity index (χ1) is 10.0. The van der Waals surface area contributed by atoms with E-state index in [1.54, 1.807) is 6.07 Å². The maximum absolute atomic E-state index is 12.2. The first-order valence-electron chi connectivity index (χ1n) is 7.36. The number of rotatable bonds is 8. The molecule has 0 aromatic heterocycles. The Morgan fingerprint density at radius 2 is 1.95 bits per heavy atom. The summed E-state index contributed by atoms with van der Waals surface area (Å²) in [7, 11) is 0. The highest BCUT2D eigenvalue weighted by atomic mass is 16.6. The van der Waals surface area contributed by atoms with Crippen molar-refractivity contribution in [2.24, 2.45) is 0 Å². The van der Waals surface area contributed by atoms with Gasteiger partial charge in [0.25, 0.3) is 11.6 Å². The predicted molar refractivity (Wildman–Crippen MR) is 83.7 cm³/mol. The van der Waals surface area contributed by atoms with Crippen molar-refractivity contribution in [2.75, 3.05) is 11.9 Å². The molecular weight excluding hydrogens is 270 g/mol. The number of benzene rings is 1. The van der Waals surface area contributed by atoms with E-state index < -0.39 is 4.92 Å². The first kappa shape index (κ1) is 16.9. The van der Waals surface area contributed by atoms with Gasteiger partial charge in [-0.2, -0.15) is 0 Å². The van der Waals surface area contributed by atoms with Gasteiger partial charge >= 0.3 is 0 Å². The molecule has 0 atom stereocenters. The number of hydrogen-bond donors (Lipinski definition) is 2. The molecule has 1 amide bonds. The van der Waals surface area contributed by atoms with Crippen LogP contribution in [0.4, 0.5) is 11.4 Å². The van der Waals surface area contributed by atoms with Crippen molar-refractivity contribution in [1.82, 2.24) is 5.32 Å². The van der Waals surface area contributed by atoms with Crippen LogP contribution in [0.25, 0.3) is 0 Å². The molecule has 2 N–H and O–H groups in total. The monoisotopic (exact) mass is 293 g/mol. The Morgan fingerprint density at radius 1 is 1.29 bits per heavy atom. The molecule has 0 radical (unpaired) electrons. The van der Waals surface area contributed by atoms with Gasteiger partial charge in [-0.3, -0.25) is 14.9 Å². The van der Waals surface area contributed by atoms with Crippen molar-refractivity contribution < 1.29 is 9.72 Å². The van der Waals surface area contributed by atoms with Gasteiger partial charge in [0.05, 0.1) is 4.92 Å². The molecule has 6 heteroatoms. The molecule has 6 nitrogen and oxygen atoms in total. The van der Waals surface area contributed by atoms with Crippen molar-refractivity contribution in [3.8, 4) is 0 Å². The van der Waals surface area contributed by atoms with Crippen LogP contribution in [0, 0.1) is 10.1 Å². The van der Waals surface area contributed by atoms with Crippen molar-refractivity contribution in [3.63, 3.8) is 0 Å². The van der Waals surface area contributed by atoms with E-state index in [-0.39, 0.29) is 17.6 Å². The van der Waals surface area contributed by atoms with E-state index in [1.807, 2.05) is 20.8 Å². The number of hydrogen-bond acceptors (Lipinski definition) is 4. The number of anilines is 1. The number of nitro benzene ring substituents is 1. The van der Waals surface area contributed by atoms with Gasteiger partial charge in [0.15, 0.2) is 0 Å². The van der Waals surface area contributed by atoms with E-state index in [0.29, 0.717) is 17.8 Å². The van der Waals surface area contributed by atoms with E-state index in [9.17, 15) is 14.9 Å². The molecule has 1 aromatic carbocycles. The molecule has 0 saturated heterocycles. The molecule has 1 rings (SSSR count). The summed E-state index contributed by atoms with van der Waals surface area (Å²) < 4.78 is 0. The van der Waals surface area contributed by atoms with Gasteiger partial charge < -0.3 is 10.6 Å². The van der Waals surface area contributed by atoms with Crippen molar-refractivity contribution in [1.29, 1.82) is 0 Å². The molecule has 0 aliphatic carbocycles. The van der Waals surface area contributed by atoms with Crippen LogP contribution in [-0.4, -0.2) is 23.4 Å². The minimum atomic E-state index is -0.444. The standard InChI is InChI=1S/C15H23N3O3/c1-4-9-16-13-10-11(7-8-14(13)18(20)21)15(19)17-12(5-2)6-3/h7-8,10,12,16H,4-6,9H2,1-3H3,(H,17,19). The second kappa shape index (κ2) is 8.24. The quantitative estimate of drug-likeness (QED) is 0.568. The third kappa shape index (κ3) is 4.73. The van der Waals surface area contributed by atoms with Gasteiger partial charge in [0.2, 0.25) is 0 Å². The third-order valence-corrected chi connectivity index (χ3v) is 3.34. The van der Waals surface area contributed by atoms with E-state index in [0.717, 1.165) is 19.3 Å². The van der Waals surface area contributed by atoms with Gasteiger partial charge in [-0.1, -0.05) is 20.8 Å². The topological polar surface area (TPSA) is 84.3 Å². The molecule has 0 unspecified atom stereocenters. The normalized spacial score (nSPS) is 10.5. The van der Waals surface area contributed by atoms with Crippen molar-refractivity contribution in [3.05, 3.63) is 33.9 Å². The van der Waals surface area contributed by atoms with Crippen LogP contribution in [0.1, 0.15) is 50.4 Å². The lowest BCUT2D eigenvalue weighted by Crippen LogP contribution is -2.33. The van der Waals surface area contributed by atoms with Crippen LogP contribution in [0.2, 0.25) is 0 Å². The Labute approximate surface area is 125 Å².